The van der Waals surface area contributed by atoms with Crippen molar-refractivity contribution in [3.8, 4) is 5.75 Å². The van der Waals surface area contributed by atoms with Crippen LogP contribution in [0.3, 0.4) is 0 Å². The molecule has 0 bridgehead atoms. The van der Waals surface area contributed by atoms with Crippen LogP contribution >= 0.6 is 0 Å². The van der Waals surface area contributed by atoms with Crippen molar-refractivity contribution in [2.75, 3.05) is 18.4 Å². The summed E-state index contributed by atoms with van der Waals surface area (Å²) < 4.78 is 28.2. The molecule has 1 aromatic carbocycles. The second-order valence-corrected chi connectivity index (χ2v) is 4.44. The van der Waals surface area contributed by atoms with E-state index in [2.05, 4.69) is 15.4 Å². The molecule has 2 N–H and O–H groups in total. The van der Waals surface area contributed by atoms with E-state index in [0.717, 1.165) is 19.4 Å². The monoisotopic (exact) mass is 270 g/mol. The van der Waals surface area contributed by atoms with Crippen molar-refractivity contribution in [1.29, 1.82) is 0 Å². The number of alkyl halides is 2. The predicted octanol–water partition coefficient (Wildman–Crippen LogP) is 2.23. The Kier molecular flexibility index (Phi) is 4.68. The zero-order valence-electron chi connectivity index (χ0n) is 10.4. The van der Waals surface area contributed by atoms with Gasteiger partial charge in [-0.2, -0.15) is 8.78 Å². The number of carbonyl (C=O) groups is 1. The molecule has 0 aromatic heterocycles. The molecule has 2 rings (SSSR count). The number of halogens is 2. The number of ether oxygens (including phenoxy) is 1. The van der Waals surface area contributed by atoms with Crippen LogP contribution in [-0.2, 0) is 4.79 Å². The first-order chi connectivity index (χ1) is 9.15. The Morgan fingerprint density at radius 1 is 1.37 bits per heavy atom. The molecule has 0 saturated carbocycles. The third-order valence-corrected chi connectivity index (χ3v) is 3.01. The van der Waals surface area contributed by atoms with Crippen LogP contribution in [0.1, 0.15) is 12.8 Å². The van der Waals surface area contributed by atoms with E-state index >= 15 is 0 Å². The summed E-state index contributed by atoms with van der Waals surface area (Å²) in [7, 11) is 0. The lowest BCUT2D eigenvalue weighted by molar-refractivity contribution is -0.120. The van der Waals surface area contributed by atoms with Crippen molar-refractivity contribution < 1.29 is 18.3 Å². The Labute approximate surface area is 110 Å². The van der Waals surface area contributed by atoms with Gasteiger partial charge in [-0.1, -0.05) is 0 Å². The molecule has 1 amide bonds. The topological polar surface area (TPSA) is 50.4 Å². The van der Waals surface area contributed by atoms with E-state index in [1.54, 1.807) is 12.1 Å². The Balaban J connectivity index is 1.89. The molecule has 0 spiro atoms. The van der Waals surface area contributed by atoms with Crippen LogP contribution in [0.4, 0.5) is 14.5 Å². The maximum Gasteiger partial charge on any atom is 0.387 e. The molecule has 1 aliphatic rings. The van der Waals surface area contributed by atoms with Crippen LogP contribution in [0.15, 0.2) is 24.3 Å². The number of benzene rings is 1. The molecule has 6 heteroatoms. The van der Waals surface area contributed by atoms with Crippen LogP contribution in [-0.4, -0.2) is 25.6 Å². The third kappa shape index (κ3) is 4.17. The fraction of sp³-hybridized carbons (Fsp3) is 0.462. The Morgan fingerprint density at radius 2 is 2.11 bits per heavy atom. The van der Waals surface area contributed by atoms with Gasteiger partial charge in [0.1, 0.15) is 5.75 Å². The van der Waals surface area contributed by atoms with Gasteiger partial charge in [-0.3, -0.25) is 4.79 Å². The molecule has 104 valence electrons. The first-order valence-electron chi connectivity index (χ1n) is 6.21. The average Bonchev–Trinajstić information content (AvgIpc) is 2.41. The number of carbonyl (C=O) groups excluding carboxylic acids is 1. The van der Waals surface area contributed by atoms with Crippen molar-refractivity contribution in [3.05, 3.63) is 24.3 Å². The fourth-order valence-corrected chi connectivity index (χ4v) is 2.04. The fourth-order valence-electron chi connectivity index (χ4n) is 2.04. The summed E-state index contributed by atoms with van der Waals surface area (Å²) in [6, 6.07) is 5.90. The lowest BCUT2D eigenvalue weighted by Crippen LogP contribution is -2.37. The molecule has 0 unspecified atom stereocenters. The molecule has 1 saturated heterocycles. The summed E-state index contributed by atoms with van der Waals surface area (Å²) in [5, 5.41) is 5.94. The number of anilines is 1. The number of piperidine rings is 1. The highest BCUT2D eigenvalue weighted by molar-refractivity contribution is 5.92. The minimum Gasteiger partial charge on any atom is -0.435 e. The quantitative estimate of drug-likeness (QED) is 0.882. The van der Waals surface area contributed by atoms with Gasteiger partial charge in [0, 0.05) is 12.2 Å². The van der Waals surface area contributed by atoms with E-state index in [4.69, 9.17) is 0 Å². The van der Waals surface area contributed by atoms with Crippen molar-refractivity contribution in [1.82, 2.24) is 5.32 Å². The number of nitrogens with one attached hydrogen (secondary N) is 2. The van der Waals surface area contributed by atoms with Gasteiger partial charge < -0.3 is 15.4 Å². The van der Waals surface area contributed by atoms with E-state index in [9.17, 15) is 13.6 Å². The summed E-state index contributed by atoms with van der Waals surface area (Å²) in [6.45, 7) is -1.21. The van der Waals surface area contributed by atoms with Gasteiger partial charge in [-0.05, 0) is 43.7 Å². The minimum absolute atomic E-state index is 0.0364. The summed E-state index contributed by atoms with van der Waals surface area (Å²) in [6.07, 6.45) is 1.85. The summed E-state index contributed by atoms with van der Waals surface area (Å²) >= 11 is 0. The van der Waals surface area contributed by atoms with E-state index in [1.807, 2.05) is 0 Å². The Hall–Kier alpha value is -1.69. The highest BCUT2D eigenvalue weighted by atomic mass is 19.3. The SMILES string of the molecule is O=C(Nc1ccc(OC(F)F)cc1)[C@@H]1CCCNC1. The third-order valence-electron chi connectivity index (χ3n) is 3.01. The maximum atomic E-state index is 12.0. The lowest BCUT2D eigenvalue weighted by atomic mass is 9.99. The van der Waals surface area contributed by atoms with Gasteiger partial charge in [-0.25, -0.2) is 0 Å². The molecule has 19 heavy (non-hydrogen) atoms. The van der Waals surface area contributed by atoms with Crippen LogP contribution in [0.5, 0.6) is 5.75 Å². The minimum atomic E-state index is -2.84. The molecule has 1 aromatic rings. The summed E-state index contributed by atoms with van der Waals surface area (Å²) in [5.41, 5.74) is 0.581. The van der Waals surface area contributed by atoms with Crippen molar-refractivity contribution in [2.24, 2.45) is 5.92 Å². The van der Waals surface area contributed by atoms with Crippen molar-refractivity contribution in [3.63, 3.8) is 0 Å². The van der Waals surface area contributed by atoms with E-state index in [0.29, 0.717) is 12.2 Å². The second kappa shape index (κ2) is 6.47. The largest absolute Gasteiger partial charge is 0.435 e. The smallest absolute Gasteiger partial charge is 0.387 e. The zero-order chi connectivity index (χ0) is 13.7. The zero-order valence-corrected chi connectivity index (χ0v) is 10.4. The normalized spacial score (nSPS) is 19.2. The van der Waals surface area contributed by atoms with Gasteiger partial charge in [-0.15, -0.1) is 0 Å². The first-order valence-corrected chi connectivity index (χ1v) is 6.21. The number of rotatable bonds is 4. The summed E-state index contributed by atoms with van der Waals surface area (Å²) in [5.74, 6) is -0.00667. The van der Waals surface area contributed by atoms with Gasteiger partial charge >= 0.3 is 6.61 Å². The van der Waals surface area contributed by atoms with Crippen molar-refractivity contribution in [2.45, 2.75) is 19.5 Å². The van der Waals surface area contributed by atoms with Crippen LogP contribution in [0, 0.1) is 5.92 Å². The highest BCUT2D eigenvalue weighted by Crippen LogP contribution is 2.19. The standard InChI is InChI=1S/C13H16F2N2O2/c14-13(15)19-11-5-3-10(4-6-11)17-12(18)9-2-1-7-16-8-9/h3-6,9,13,16H,1-2,7-8H2,(H,17,18)/t9-/m1/s1. The molecule has 1 aliphatic heterocycles. The number of amides is 1. The lowest BCUT2D eigenvalue weighted by Gasteiger charge is -2.21. The van der Waals surface area contributed by atoms with Crippen LogP contribution < -0.4 is 15.4 Å². The van der Waals surface area contributed by atoms with Gasteiger partial charge in [0.25, 0.3) is 0 Å². The van der Waals surface area contributed by atoms with Gasteiger partial charge in [0.05, 0.1) is 5.92 Å². The van der Waals surface area contributed by atoms with E-state index in [1.165, 1.54) is 12.1 Å². The highest BCUT2D eigenvalue weighted by Gasteiger charge is 2.20. The molecule has 1 atom stereocenters. The van der Waals surface area contributed by atoms with Crippen molar-refractivity contribution >= 4 is 11.6 Å². The average molecular weight is 270 g/mol. The van der Waals surface area contributed by atoms with Crippen LogP contribution in [0.2, 0.25) is 0 Å². The number of hydrogen-bond donors (Lipinski definition) is 2. The number of hydrogen-bond acceptors (Lipinski definition) is 3. The molecule has 4 nitrogen and oxygen atoms in total. The van der Waals surface area contributed by atoms with E-state index < -0.39 is 6.61 Å². The molecular weight excluding hydrogens is 254 g/mol. The predicted molar refractivity (Wildman–Crippen MR) is 67.3 cm³/mol. The Bertz CT molecular complexity index is 417. The molecular formula is C13H16F2N2O2. The first kappa shape index (κ1) is 13.7. The van der Waals surface area contributed by atoms with E-state index in [-0.39, 0.29) is 17.6 Å². The van der Waals surface area contributed by atoms with Gasteiger partial charge in [0.15, 0.2) is 0 Å². The molecule has 1 fully saturated rings. The Morgan fingerprint density at radius 3 is 2.68 bits per heavy atom. The summed E-state index contributed by atoms with van der Waals surface area (Å²) in [4.78, 5) is 11.9. The maximum absolute atomic E-state index is 12.0. The second-order valence-electron chi connectivity index (χ2n) is 4.44. The molecule has 0 aliphatic carbocycles. The van der Waals surface area contributed by atoms with Crippen LogP contribution in [0.25, 0.3) is 0 Å². The molecule has 1 heterocycles. The molecule has 0 radical (unpaired) electrons. The van der Waals surface area contributed by atoms with Gasteiger partial charge in [0.2, 0.25) is 5.91 Å².